The van der Waals surface area contributed by atoms with E-state index < -0.39 is 37.6 Å². The average Bonchev–Trinajstić information content (AvgIpc) is 2.22. The van der Waals surface area contributed by atoms with Crippen molar-refractivity contribution in [1.29, 1.82) is 0 Å². The first-order valence-electron chi connectivity index (χ1n) is 6.17. The van der Waals surface area contributed by atoms with Gasteiger partial charge < -0.3 is 10.0 Å². The highest BCUT2D eigenvalue weighted by atomic mass is 32.2. The zero-order valence-corrected chi connectivity index (χ0v) is 12.6. The number of amides is 1. The summed E-state index contributed by atoms with van der Waals surface area (Å²) >= 11 is 0. The van der Waals surface area contributed by atoms with Gasteiger partial charge in [0.2, 0.25) is 5.91 Å². The Labute approximate surface area is 113 Å². The lowest BCUT2D eigenvalue weighted by Gasteiger charge is -2.42. The molecule has 6 nitrogen and oxygen atoms in total. The number of piperidine rings is 1. The minimum Gasteiger partial charge on any atom is -0.481 e. The fourth-order valence-corrected chi connectivity index (χ4v) is 4.78. The molecule has 0 bridgehead atoms. The number of rotatable bonds is 3. The Morgan fingerprint density at radius 1 is 1.42 bits per heavy atom. The van der Waals surface area contributed by atoms with Gasteiger partial charge >= 0.3 is 5.97 Å². The van der Waals surface area contributed by atoms with Gasteiger partial charge in [0.05, 0.1) is 11.2 Å². The van der Waals surface area contributed by atoms with Crippen molar-refractivity contribution in [3.05, 3.63) is 0 Å². The smallest absolute Gasteiger partial charge is 0.305 e. The predicted octanol–water partition coefficient (Wildman–Crippen LogP) is 0.665. The third kappa shape index (κ3) is 2.48. The predicted molar refractivity (Wildman–Crippen MR) is 70.5 cm³/mol. The second-order valence-electron chi connectivity index (χ2n) is 6.01. The summed E-state index contributed by atoms with van der Waals surface area (Å²) in [5.74, 6) is -1.87. The summed E-state index contributed by atoms with van der Waals surface area (Å²) < 4.78 is 22.4. The zero-order chi connectivity index (χ0) is 15.1. The standard InChI is InChI=1S/C12H21NO5S/c1-11(2,3)19(17,18)12(8-9(14)15)6-5-7-13(4)10(12)16/h5-8H2,1-4H3,(H,14,15). The van der Waals surface area contributed by atoms with Crippen molar-refractivity contribution >= 4 is 21.7 Å². The lowest BCUT2D eigenvalue weighted by molar-refractivity contribution is -0.144. The van der Waals surface area contributed by atoms with Gasteiger partial charge in [-0.1, -0.05) is 0 Å². The van der Waals surface area contributed by atoms with Crippen LogP contribution in [-0.2, 0) is 19.4 Å². The van der Waals surface area contributed by atoms with E-state index in [1.54, 1.807) is 0 Å². The van der Waals surface area contributed by atoms with Gasteiger partial charge in [-0.2, -0.15) is 0 Å². The van der Waals surface area contributed by atoms with E-state index in [9.17, 15) is 18.0 Å². The summed E-state index contributed by atoms with van der Waals surface area (Å²) in [6, 6.07) is 0. The van der Waals surface area contributed by atoms with Crippen LogP contribution in [0.25, 0.3) is 0 Å². The van der Waals surface area contributed by atoms with Crippen LogP contribution in [0.2, 0.25) is 0 Å². The number of carboxylic acids is 1. The maximum atomic E-state index is 12.7. The Morgan fingerprint density at radius 2 is 1.95 bits per heavy atom. The van der Waals surface area contributed by atoms with Crippen LogP contribution in [-0.4, -0.2) is 53.4 Å². The molecule has 19 heavy (non-hydrogen) atoms. The molecule has 0 spiro atoms. The van der Waals surface area contributed by atoms with Gasteiger partial charge in [-0.15, -0.1) is 0 Å². The molecular formula is C12H21NO5S. The number of sulfone groups is 1. The molecule has 1 amide bonds. The van der Waals surface area contributed by atoms with E-state index in [1.165, 1.54) is 32.7 Å². The van der Waals surface area contributed by atoms with Gasteiger partial charge in [0, 0.05) is 13.6 Å². The molecule has 1 aliphatic rings. The largest absolute Gasteiger partial charge is 0.481 e. The molecular weight excluding hydrogens is 270 g/mol. The number of hydrogen-bond acceptors (Lipinski definition) is 4. The zero-order valence-electron chi connectivity index (χ0n) is 11.8. The number of nitrogens with zero attached hydrogens (tertiary/aromatic N) is 1. The van der Waals surface area contributed by atoms with E-state index in [0.717, 1.165) is 0 Å². The molecule has 1 atom stereocenters. The first-order chi connectivity index (χ1) is 8.46. The van der Waals surface area contributed by atoms with Crippen molar-refractivity contribution in [3.8, 4) is 0 Å². The molecule has 1 heterocycles. The minimum atomic E-state index is -3.91. The highest BCUT2D eigenvalue weighted by Gasteiger charge is 2.58. The van der Waals surface area contributed by atoms with Crippen molar-refractivity contribution in [1.82, 2.24) is 4.90 Å². The van der Waals surface area contributed by atoms with Gasteiger partial charge in [-0.3, -0.25) is 9.59 Å². The van der Waals surface area contributed by atoms with Crippen molar-refractivity contribution in [3.63, 3.8) is 0 Å². The van der Waals surface area contributed by atoms with Crippen LogP contribution < -0.4 is 0 Å². The number of likely N-dealkylation sites (tertiary alicyclic amines) is 1. The SMILES string of the molecule is CN1CCCC(CC(=O)O)(S(=O)(=O)C(C)(C)C)C1=O. The van der Waals surface area contributed by atoms with Crippen molar-refractivity contribution in [2.45, 2.75) is 49.5 Å². The topological polar surface area (TPSA) is 91.8 Å². The quantitative estimate of drug-likeness (QED) is 0.825. The van der Waals surface area contributed by atoms with Crippen LogP contribution in [0.1, 0.15) is 40.0 Å². The Kier molecular flexibility index (Phi) is 4.01. The van der Waals surface area contributed by atoms with Crippen molar-refractivity contribution in [2.24, 2.45) is 0 Å². The summed E-state index contributed by atoms with van der Waals surface area (Å²) in [5.41, 5.74) is 0. The van der Waals surface area contributed by atoms with E-state index in [-0.39, 0.29) is 6.42 Å². The van der Waals surface area contributed by atoms with Crippen molar-refractivity contribution in [2.75, 3.05) is 13.6 Å². The fraction of sp³-hybridized carbons (Fsp3) is 0.833. The van der Waals surface area contributed by atoms with Gasteiger partial charge in [-0.25, -0.2) is 8.42 Å². The third-order valence-corrected chi connectivity index (χ3v) is 6.73. The van der Waals surface area contributed by atoms with Crippen LogP contribution in [0.5, 0.6) is 0 Å². The number of carbonyl (C=O) groups excluding carboxylic acids is 1. The van der Waals surface area contributed by atoms with E-state index in [0.29, 0.717) is 13.0 Å². The van der Waals surface area contributed by atoms with Crippen LogP contribution in [0.3, 0.4) is 0 Å². The second-order valence-corrected chi connectivity index (χ2v) is 9.02. The van der Waals surface area contributed by atoms with Crippen LogP contribution >= 0.6 is 0 Å². The highest BCUT2D eigenvalue weighted by molar-refractivity contribution is 7.94. The first kappa shape index (κ1) is 15.9. The molecule has 1 rings (SSSR count). The summed E-state index contributed by atoms with van der Waals surface area (Å²) in [6.07, 6.45) is -0.108. The Balaban J connectivity index is 3.45. The van der Waals surface area contributed by atoms with Crippen LogP contribution in [0, 0.1) is 0 Å². The second kappa shape index (κ2) is 4.77. The molecule has 0 radical (unpaired) electrons. The van der Waals surface area contributed by atoms with Gasteiger partial charge in [0.15, 0.2) is 14.6 Å². The maximum absolute atomic E-state index is 12.7. The molecule has 1 unspecified atom stereocenters. The maximum Gasteiger partial charge on any atom is 0.305 e. The molecule has 0 aliphatic carbocycles. The molecule has 0 aromatic rings. The molecule has 1 aliphatic heterocycles. The number of hydrogen-bond donors (Lipinski definition) is 1. The third-order valence-electron chi connectivity index (χ3n) is 3.57. The van der Waals surface area contributed by atoms with Gasteiger partial charge in [0.1, 0.15) is 0 Å². The van der Waals surface area contributed by atoms with E-state index in [4.69, 9.17) is 5.11 Å². The summed E-state index contributed by atoms with van der Waals surface area (Å²) in [6.45, 7) is 4.94. The van der Waals surface area contributed by atoms with E-state index in [1.807, 2.05) is 0 Å². The van der Waals surface area contributed by atoms with E-state index >= 15 is 0 Å². The summed E-state index contributed by atoms with van der Waals surface area (Å²) in [4.78, 5) is 24.7. The number of aliphatic carboxylic acids is 1. The average molecular weight is 291 g/mol. The van der Waals surface area contributed by atoms with E-state index in [2.05, 4.69) is 0 Å². The van der Waals surface area contributed by atoms with Crippen LogP contribution in [0.4, 0.5) is 0 Å². The molecule has 1 saturated heterocycles. The Morgan fingerprint density at radius 3 is 2.37 bits per heavy atom. The molecule has 1 N–H and O–H groups in total. The normalized spacial score (nSPS) is 25.5. The van der Waals surface area contributed by atoms with Crippen molar-refractivity contribution < 1.29 is 23.1 Å². The monoisotopic (exact) mass is 291 g/mol. The fourth-order valence-electron chi connectivity index (χ4n) is 2.50. The molecule has 0 aromatic heterocycles. The Hall–Kier alpha value is -1.11. The molecule has 110 valence electrons. The summed E-state index contributed by atoms with van der Waals surface area (Å²) in [7, 11) is -2.40. The number of carboxylic acid groups (broad SMARTS) is 1. The molecule has 0 saturated carbocycles. The van der Waals surface area contributed by atoms with Crippen LogP contribution in [0.15, 0.2) is 0 Å². The number of carbonyl (C=O) groups is 2. The molecule has 7 heteroatoms. The molecule has 1 fully saturated rings. The lowest BCUT2D eigenvalue weighted by Crippen LogP contribution is -2.61. The first-order valence-corrected chi connectivity index (χ1v) is 7.65. The lowest BCUT2D eigenvalue weighted by atomic mass is 9.93. The summed E-state index contributed by atoms with van der Waals surface area (Å²) in [5, 5.41) is 9.03. The highest BCUT2D eigenvalue weighted by Crippen LogP contribution is 2.39. The minimum absolute atomic E-state index is 0.0715. The van der Waals surface area contributed by atoms with Gasteiger partial charge in [-0.05, 0) is 33.6 Å². The van der Waals surface area contributed by atoms with Gasteiger partial charge in [0.25, 0.3) is 0 Å². The Bertz CT molecular complexity index is 491. The molecule has 0 aromatic carbocycles.